The third kappa shape index (κ3) is 4.37. The van der Waals surface area contributed by atoms with Crippen molar-refractivity contribution in [2.75, 3.05) is 39.8 Å². The van der Waals surface area contributed by atoms with Crippen molar-refractivity contribution in [3.05, 3.63) is 35.6 Å². The molecule has 9 heteroatoms. The highest BCUT2D eigenvalue weighted by Crippen LogP contribution is 2.28. The van der Waals surface area contributed by atoms with Crippen molar-refractivity contribution in [1.29, 1.82) is 0 Å². The Balaban J connectivity index is 1.56. The smallest absolute Gasteiger partial charge is 0.325 e. The van der Waals surface area contributed by atoms with Crippen molar-refractivity contribution in [3.8, 4) is 0 Å². The number of benzene rings is 1. The first-order valence-electron chi connectivity index (χ1n) is 11.0. The van der Waals surface area contributed by atoms with Gasteiger partial charge in [0.15, 0.2) is 18.2 Å². The highest BCUT2D eigenvalue weighted by molar-refractivity contribution is 6.03. The first-order chi connectivity index (χ1) is 14.8. The van der Waals surface area contributed by atoms with Crippen LogP contribution in [0.3, 0.4) is 0 Å². The lowest BCUT2D eigenvalue weighted by molar-refractivity contribution is -0.127. The molecule has 1 aromatic rings. The van der Waals surface area contributed by atoms with E-state index in [0.717, 1.165) is 39.1 Å². The van der Waals surface area contributed by atoms with Crippen LogP contribution in [0.4, 0.5) is 9.18 Å². The average Bonchev–Trinajstić information content (AvgIpc) is 3.12. The Bertz CT molecular complexity index is 867. The van der Waals surface area contributed by atoms with Crippen LogP contribution in [0, 0.1) is 11.7 Å². The molecule has 0 aliphatic carbocycles. The molecule has 0 aromatic heterocycles. The number of halogens is 1. The second-order valence-corrected chi connectivity index (χ2v) is 8.92. The lowest BCUT2D eigenvalue weighted by Gasteiger charge is -2.40. The van der Waals surface area contributed by atoms with E-state index < -0.39 is 24.1 Å². The molecule has 3 aliphatic rings. The minimum absolute atomic E-state index is 0.218. The number of nitrogens with zero attached hydrogens (tertiary/aromatic N) is 5. The van der Waals surface area contributed by atoms with E-state index >= 15 is 0 Å². The number of nitrogens with one attached hydrogen (secondary N) is 1. The number of hydrogen-bond donors (Lipinski definition) is 1. The molecule has 2 saturated heterocycles. The fraction of sp³-hybridized carbons (Fsp3) is 0.591. The predicted molar refractivity (Wildman–Crippen MR) is 116 cm³/mol. The largest absolute Gasteiger partial charge is 0.340 e. The molecule has 31 heavy (non-hydrogen) atoms. The van der Waals surface area contributed by atoms with Crippen LogP contribution in [0.5, 0.6) is 0 Å². The monoisotopic (exact) mass is 430 g/mol. The first kappa shape index (κ1) is 21.5. The molecule has 2 unspecified atom stereocenters. The number of rotatable bonds is 5. The molecule has 3 aliphatic heterocycles. The van der Waals surface area contributed by atoms with Crippen molar-refractivity contribution in [1.82, 2.24) is 24.9 Å². The lowest BCUT2D eigenvalue weighted by atomic mass is 10.1. The Labute approximate surface area is 182 Å². The maximum atomic E-state index is 14.4. The van der Waals surface area contributed by atoms with Gasteiger partial charge in [-0.25, -0.2) is 14.2 Å². The van der Waals surface area contributed by atoms with E-state index in [9.17, 15) is 14.0 Å². The Kier molecular flexibility index (Phi) is 6.13. The van der Waals surface area contributed by atoms with Gasteiger partial charge in [-0.1, -0.05) is 32.0 Å². The number of amides is 3. The van der Waals surface area contributed by atoms with E-state index in [1.165, 1.54) is 11.0 Å². The fourth-order valence-electron chi connectivity index (χ4n) is 4.37. The van der Waals surface area contributed by atoms with E-state index in [2.05, 4.69) is 29.0 Å². The lowest BCUT2D eigenvalue weighted by Crippen LogP contribution is -2.64. The molecule has 3 heterocycles. The summed E-state index contributed by atoms with van der Waals surface area (Å²) >= 11 is 0. The molecule has 3 amide bonds. The van der Waals surface area contributed by atoms with Gasteiger partial charge in [0.25, 0.3) is 5.91 Å². The van der Waals surface area contributed by atoms with Gasteiger partial charge in [-0.05, 0) is 24.9 Å². The van der Waals surface area contributed by atoms with Gasteiger partial charge in [-0.2, -0.15) is 0 Å². The molecule has 4 rings (SSSR count). The van der Waals surface area contributed by atoms with Gasteiger partial charge in [0.1, 0.15) is 5.82 Å². The van der Waals surface area contributed by atoms with Gasteiger partial charge < -0.3 is 14.7 Å². The number of urea groups is 1. The van der Waals surface area contributed by atoms with Gasteiger partial charge in [-0.15, -0.1) is 0 Å². The highest BCUT2D eigenvalue weighted by Gasteiger charge is 2.50. The number of carbonyl (C=O) groups excluding carboxylic acids is 2. The zero-order valence-electron chi connectivity index (χ0n) is 18.4. The summed E-state index contributed by atoms with van der Waals surface area (Å²) < 4.78 is 14.4. The van der Waals surface area contributed by atoms with E-state index in [0.29, 0.717) is 17.4 Å². The third-order valence-corrected chi connectivity index (χ3v) is 6.32. The Morgan fingerprint density at radius 2 is 1.87 bits per heavy atom. The molecule has 8 nitrogen and oxygen atoms in total. The summed E-state index contributed by atoms with van der Waals surface area (Å²) in [6.07, 6.45) is 0.555. The number of piperazine rings is 1. The Hall–Kier alpha value is -2.68. The maximum absolute atomic E-state index is 14.4. The van der Waals surface area contributed by atoms with Crippen molar-refractivity contribution in [2.24, 2.45) is 10.9 Å². The quantitative estimate of drug-likeness (QED) is 0.767. The number of likely N-dealkylation sites (N-methyl/N-ethyl adjacent to an activating group) is 1. The van der Waals surface area contributed by atoms with Crippen molar-refractivity contribution in [2.45, 2.75) is 39.0 Å². The van der Waals surface area contributed by atoms with Crippen LogP contribution >= 0.6 is 0 Å². The molecule has 0 bridgehead atoms. The van der Waals surface area contributed by atoms with Crippen molar-refractivity contribution in [3.63, 3.8) is 0 Å². The van der Waals surface area contributed by atoms with Crippen LogP contribution in [-0.4, -0.2) is 89.5 Å². The molecule has 1 N–H and O–H groups in total. The fourth-order valence-corrected chi connectivity index (χ4v) is 4.37. The van der Waals surface area contributed by atoms with Gasteiger partial charge in [0, 0.05) is 45.3 Å². The minimum Gasteiger partial charge on any atom is -0.340 e. The standard InChI is InChI=1S/C22H31FN6O2/c1-15(2)8-9-27-10-12-28(13-11-27)21-24-19-18(20(30)25-22(31)26(19)3)29(21)14-16-6-4-5-7-17(16)23/h4-7,15,18-19H,8-14H2,1-3H3,(H,25,30,31). The van der Waals surface area contributed by atoms with Crippen LogP contribution in [0.1, 0.15) is 25.8 Å². The number of hydrogen-bond acceptors (Lipinski definition) is 6. The zero-order valence-corrected chi connectivity index (χ0v) is 18.4. The molecule has 1 aromatic carbocycles. The second-order valence-electron chi connectivity index (χ2n) is 8.92. The SMILES string of the molecule is CC(C)CCN1CCN(C2=NC3C(C(=O)NC(=O)N3C)N2Cc2ccccc2F)CC1. The zero-order chi connectivity index (χ0) is 22.1. The van der Waals surface area contributed by atoms with Gasteiger partial charge in [-0.3, -0.25) is 15.0 Å². The Morgan fingerprint density at radius 1 is 1.16 bits per heavy atom. The number of carbonyl (C=O) groups is 2. The number of imide groups is 1. The van der Waals surface area contributed by atoms with Crippen LogP contribution in [0.15, 0.2) is 29.3 Å². The van der Waals surface area contributed by atoms with Gasteiger partial charge in [0.2, 0.25) is 0 Å². The normalized spacial score (nSPS) is 24.5. The number of guanidine groups is 1. The number of aliphatic imine (C=N–C) groups is 1. The van der Waals surface area contributed by atoms with Crippen LogP contribution in [0.2, 0.25) is 0 Å². The molecule has 168 valence electrons. The number of fused-ring (bicyclic) bond motifs is 1. The van der Waals surface area contributed by atoms with Crippen LogP contribution < -0.4 is 5.32 Å². The molecule has 2 fully saturated rings. The second kappa shape index (κ2) is 8.82. The summed E-state index contributed by atoms with van der Waals surface area (Å²) in [5, 5.41) is 2.40. The summed E-state index contributed by atoms with van der Waals surface area (Å²) in [5.74, 6) is 0.630. The first-order valence-corrected chi connectivity index (χ1v) is 11.0. The predicted octanol–water partition coefficient (Wildman–Crippen LogP) is 1.54. The summed E-state index contributed by atoms with van der Waals surface area (Å²) in [6, 6.07) is 5.45. The summed E-state index contributed by atoms with van der Waals surface area (Å²) in [5.41, 5.74) is 0.499. The summed E-state index contributed by atoms with van der Waals surface area (Å²) in [7, 11) is 1.64. The molecular weight excluding hydrogens is 399 g/mol. The summed E-state index contributed by atoms with van der Waals surface area (Å²) in [4.78, 5) is 37.6. The van der Waals surface area contributed by atoms with E-state index in [1.807, 2.05) is 4.90 Å². The highest BCUT2D eigenvalue weighted by atomic mass is 19.1. The van der Waals surface area contributed by atoms with Crippen molar-refractivity contribution < 1.29 is 14.0 Å². The van der Waals surface area contributed by atoms with E-state index in [1.54, 1.807) is 25.2 Å². The maximum Gasteiger partial charge on any atom is 0.325 e. The van der Waals surface area contributed by atoms with Gasteiger partial charge >= 0.3 is 6.03 Å². The van der Waals surface area contributed by atoms with E-state index in [-0.39, 0.29) is 12.4 Å². The molecule has 0 spiro atoms. The Morgan fingerprint density at radius 3 is 2.55 bits per heavy atom. The summed E-state index contributed by atoms with van der Waals surface area (Å²) in [6.45, 7) is 9.14. The van der Waals surface area contributed by atoms with Crippen LogP contribution in [-0.2, 0) is 11.3 Å². The third-order valence-electron chi connectivity index (χ3n) is 6.32. The molecule has 2 atom stereocenters. The van der Waals surface area contributed by atoms with E-state index in [4.69, 9.17) is 4.99 Å². The van der Waals surface area contributed by atoms with Gasteiger partial charge in [0.05, 0.1) is 0 Å². The molecule has 0 radical (unpaired) electrons. The van der Waals surface area contributed by atoms with Crippen molar-refractivity contribution >= 4 is 17.9 Å². The molecule has 0 saturated carbocycles. The topological polar surface area (TPSA) is 71.5 Å². The minimum atomic E-state index is -0.670. The average molecular weight is 431 g/mol. The van der Waals surface area contributed by atoms with Crippen LogP contribution in [0.25, 0.3) is 0 Å². The molecular formula is C22H31FN6O2.